The molecule has 2 atom stereocenters. The summed E-state index contributed by atoms with van der Waals surface area (Å²) in [5.41, 5.74) is 0. The molecule has 1 saturated carbocycles. The molecule has 2 fully saturated rings. The van der Waals surface area contributed by atoms with Gasteiger partial charge in [0.2, 0.25) is 0 Å². The molecule has 1 heterocycles. The van der Waals surface area contributed by atoms with Crippen molar-refractivity contribution in [1.82, 2.24) is 10.2 Å². The molecule has 2 aliphatic rings. The molecule has 1 aliphatic heterocycles. The molecule has 2 rings (SSSR count). The van der Waals surface area contributed by atoms with Crippen LogP contribution in [0.4, 0.5) is 0 Å². The normalized spacial score (nSPS) is 29.4. The maximum Gasteiger partial charge on any atom is 0.169 e. The average Bonchev–Trinajstić information content (AvgIpc) is 2.83. The Kier molecular flexibility index (Phi) is 2.45. The smallest absolute Gasteiger partial charge is 0.169 e. The first kappa shape index (κ1) is 9.25. The van der Waals surface area contributed by atoms with Gasteiger partial charge in [-0.15, -0.1) is 0 Å². The van der Waals surface area contributed by atoms with Crippen LogP contribution < -0.4 is 5.32 Å². The molecular formula is C10H18N2S. The lowest BCUT2D eigenvalue weighted by Gasteiger charge is -2.41. The SMILES string of the molecule is CC(NC(=S)N1CCC1C)C1CC1. The Morgan fingerprint density at radius 1 is 1.46 bits per heavy atom. The molecule has 0 aromatic carbocycles. The van der Waals surface area contributed by atoms with Gasteiger partial charge in [0.25, 0.3) is 0 Å². The second-order valence-corrected chi connectivity index (χ2v) is 4.79. The maximum atomic E-state index is 5.34. The first-order chi connectivity index (χ1) is 6.18. The largest absolute Gasteiger partial charge is 0.360 e. The van der Waals surface area contributed by atoms with Crippen LogP contribution in [0.2, 0.25) is 0 Å². The molecule has 2 nitrogen and oxygen atoms in total. The van der Waals surface area contributed by atoms with Crippen LogP contribution in [0.5, 0.6) is 0 Å². The molecule has 1 N–H and O–H groups in total. The predicted octanol–water partition coefficient (Wildman–Crippen LogP) is 1.75. The number of likely N-dealkylation sites (tertiary alicyclic amines) is 1. The van der Waals surface area contributed by atoms with Crippen molar-refractivity contribution < 1.29 is 0 Å². The highest BCUT2D eigenvalue weighted by Gasteiger charge is 2.31. The number of hydrogen-bond acceptors (Lipinski definition) is 1. The second-order valence-electron chi connectivity index (χ2n) is 4.41. The van der Waals surface area contributed by atoms with Gasteiger partial charge < -0.3 is 10.2 Å². The lowest BCUT2D eigenvalue weighted by Crippen LogP contribution is -2.55. The standard InChI is InChI=1S/C10H18N2S/c1-7-5-6-12(7)10(13)11-8(2)9-3-4-9/h7-9H,3-6H2,1-2H3,(H,11,13). The minimum absolute atomic E-state index is 0.584. The van der Waals surface area contributed by atoms with Gasteiger partial charge in [0.15, 0.2) is 5.11 Å². The third-order valence-corrected chi connectivity index (χ3v) is 3.61. The Labute approximate surface area is 85.7 Å². The van der Waals surface area contributed by atoms with E-state index in [-0.39, 0.29) is 0 Å². The molecule has 0 amide bonds. The third-order valence-electron chi connectivity index (χ3n) is 3.26. The molecule has 0 aromatic heterocycles. The fourth-order valence-corrected chi connectivity index (χ4v) is 2.27. The predicted molar refractivity (Wildman–Crippen MR) is 58.7 cm³/mol. The summed E-state index contributed by atoms with van der Waals surface area (Å²) in [5, 5.41) is 4.40. The molecule has 1 aliphatic carbocycles. The van der Waals surface area contributed by atoms with Gasteiger partial charge in [-0.05, 0) is 51.2 Å². The van der Waals surface area contributed by atoms with E-state index in [0.29, 0.717) is 12.1 Å². The van der Waals surface area contributed by atoms with Crippen molar-refractivity contribution in [2.75, 3.05) is 6.54 Å². The number of thiocarbonyl (C=S) groups is 1. The third kappa shape index (κ3) is 1.96. The van der Waals surface area contributed by atoms with Crippen molar-refractivity contribution in [3.8, 4) is 0 Å². The molecule has 0 aromatic rings. The Bertz CT molecular complexity index is 213. The van der Waals surface area contributed by atoms with Gasteiger partial charge in [0.1, 0.15) is 0 Å². The van der Waals surface area contributed by atoms with Gasteiger partial charge in [0.05, 0.1) is 0 Å². The van der Waals surface area contributed by atoms with Crippen LogP contribution in [0.3, 0.4) is 0 Å². The lowest BCUT2D eigenvalue weighted by atomic mass is 10.1. The highest BCUT2D eigenvalue weighted by atomic mass is 32.1. The van der Waals surface area contributed by atoms with Crippen LogP contribution in [0.25, 0.3) is 0 Å². The lowest BCUT2D eigenvalue weighted by molar-refractivity contribution is 0.198. The van der Waals surface area contributed by atoms with E-state index in [2.05, 4.69) is 24.1 Å². The van der Waals surface area contributed by atoms with Crippen LogP contribution in [0.15, 0.2) is 0 Å². The summed E-state index contributed by atoms with van der Waals surface area (Å²) in [7, 11) is 0. The summed E-state index contributed by atoms with van der Waals surface area (Å²) in [6.07, 6.45) is 4.05. The van der Waals surface area contributed by atoms with Crippen molar-refractivity contribution in [3.05, 3.63) is 0 Å². The maximum absolute atomic E-state index is 5.34. The first-order valence-corrected chi connectivity index (χ1v) is 5.66. The van der Waals surface area contributed by atoms with Crippen LogP contribution in [0, 0.1) is 5.92 Å². The molecular weight excluding hydrogens is 180 g/mol. The van der Waals surface area contributed by atoms with E-state index in [9.17, 15) is 0 Å². The fraction of sp³-hybridized carbons (Fsp3) is 0.900. The van der Waals surface area contributed by atoms with E-state index in [4.69, 9.17) is 12.2 Å². The van der Waals surface area contributed by atoms with Gasteiger partial charge in [-0.1, -0.05) is 0 Å². The summed E-state index contributed by atoms with van der Waals surface area (Å²) in [5.74, 6) is 0.884. The minimum atomic E-state index is 0.584. The Balaban J connectivity index is 1.76. The van der Waals surface area contributed by atoms with E-state index < -0.39 is 0 Å². The summed E-state index contributed by atoms with van der Waals surface area (Å²) in [4.78, 5) is 2.29. The zero-order valence-corrected chi connectivity index (χ0v) is 9.23. The Morgan fingerprint density at radius 2 is 2.15 bits per heavy atom. The summed E-state index contributed by atoms with van der Waals surface area (Å²) in [6, 6.07) is 1.24. The fourth-order valence-electron chi connectivity index (χ4n) is 1.81. The summed E-state index contributed by atoms with van der Waals surface area (Å²) < 4.78 is 0. The van der Waals surface area contributed by atoms with Crippen molar-refractivity contribution in [2.45, 2.75) is 45.2 Å². The van der Waals surface area contributed by atoms with Gasteiger partial charge in [-0.3, -0.25) is 0 Å². The molecule has 74 valence electrons. The van der Waals surface area contributed by atoms with Crippen molar-refractivity contribution in [2.24, 2.45) is 5.92 Å². The van der Waals surface area contributed by atoms with E-state index >= 15 is 0 Å². The summed E-state index contributed by atoms with van der Waals surface area (Å²) >= 11 is 5.34. The van der Waals surface area contributed by atoms with Crippen molar-refractivity contribution in [3.63, 3.8) is 0 Å². The highest BCUT2D eigenvalue weighted by Crippen LogP contribution is 2.32. The minimum Gasteiger partial charge on any atom is -0.360 e. The Hall–Kier alpha value is -0.310. The number of hydrogen-bond donors (Lipinski definition) is 1. The van der Waals surface area contributed by atoms with Gasteiger partial charge in [-0.2, -0.15) is 0 Å². The molecule has 13 heavy (non-hydrogen) atoms. The molecule has 0 radical (unpaired) electrons. The number of nitrogens with zero attached hydrogens (tertiary/aromatic N) is 1. The molecule has 0 bridgehead atoms. The number of nitrogens with one attached hydrogen (secondary N) is 1. The van der Waals surface area contributed by atoms with Gasteiger partial charge in [0, 0.05) is 18.6 Å². The first-order valence-electron chi connectivity index (χ1n) is 5.25. The van der Waals surface area contributed by atoms with Crippen LogP contribution in [-0.2, 0) is 0 Å². The zero-order chi connectivity index (χ0) is 9.42. The van der Waals surface area contributed by atoms with Crippen molar-refractivity contribution >= 4 is 17.3 Å². The van der Waals surface area contributed by atoms with E-state index in [1.54, 1.807) is 0 Å². The van der Waals surface area contributed by atoms with E-state index in [0.717, 1.165) is 17.6 Å². The van der Waals surface area contributed by atoms with E-state index in [1.807, 2.05) is 0 Å². The molecule has 3 heteroatoms. The summed E-state index contributed by atoms with van der Waals surface area (Å²) in [6.45, 7) is 5.62. The van der Waals surface area contributed by atoms with E-state index in [1.165, 1.54) is 19.3 Å². The molecule has 0 spiro atoms. The van der Waals surface area contributed by atoms with Crippen LogP contribution in [0.1, 0.15) is 33.1 Å². The van der Waals surface area contributed by atoms with Gasteiger partial charge >= 0.3 is 0 Å². The molecule has 1 saturated heterocycles. The van der Waals surface area contributed by atoms with Crippen LogP contribution >= 0.6 is 12.2 Å². The quantitative estimate of drug-likeness (QED) is 0.681. The number of rotatable bonds is 2. The highest BCUT2D eigenvalue weighted by molar-refractivity contribution is 7.80. The topological polar surface area (TPSA) is 15.3 Å². The van der Waals surface area contributed by atoms with Crippen LogP contribution in [-0.4, -0.2) is 28.6 Å². The van der Waals surface area contributed by atoms with Gasteiger partial charge in [-0.25, -0.2) is 0 Å². The second kappa shape index (κ2) is 3.45. The zero-order valence-electron chi connectivity index (χ0n) is 8.42. The average molecular weight is 198 g/mol. The van der Waals surface area contributed by atoms with Crippen molar-refractivity contribution in [1.29, 1.82) is 0 Å². The molecule has 2 unspecified atom stereocenters. The Morgan fingerprint density at radius 3 is 2.54 bits per heavy atom. The monoisotopic (exact) mass is 198 g/mol.